The van der Waals surface area contributed by atoms with E-state index in [0.29, 0.717) is 37.5 Å². The monoisotopic (exact) mass is 394 g/mol. The number of sulfonamides is 1. The van der Waals surface area contributed by atoms with Crippen molar-refractivity contribution >= 4 is 21.5 Å². The van der Waals surface area contributed by atoms with Gasteiger partial charge in [-0.3, -0.25) is 0 Å². The van der Waals surface area contributed by atoms with E-state index < -0.39 is 15.8 Å². The maximum absolute atomic E-state index is 14.4. The number of hydrogen-bond donors (Lipinski definition) is 1. The van der Waals surface area contributed by atoms with E-state index in [-0.39, 0.29) is 16.5 Å². The molecule has 2 aromatic rings. The van der Waals surface area contributed by atoms with Crippen LogP contribution in [0.25, 0.3) is 0 Å². The molecule has 1 N–H and O–H groups in total. The summed E-state index contributed by atoms with van der Waals surface area (Å²) in [6.07, 6.45) is 3.39. The third-order valence-corrected chi connectivity index (χ3v) is 6.31. The molecule has 1 saturated heterocycles. The zero-order chi connectivity index (χ0) is 19.4. The van der Waals surface area contributed by atoms with Gasteiger partial charge in [0.05, 0.1) is 12.3 Å². The Hall–Kier alpha value is -2.26. The number of rotatable bonds is 7. The molecule has 1 aliphatic heterocycles. The minimum absolute atomic E-state index is 0.00975. The molecule has 0 aliphatic carbocycles. The van der Waals surface area contributed by atoms with Crippen LogP contribution in [0.2, 0.25) is 0 Å². The highest BCUT2D eigenvalue weighted by molar-refractivity contribution is 7.89. The van der Waals surface area contributed by atoms with Gasteiger partial charge in [-0.1, -0.05) is 6.92 Å². The van der Waals surface area contributed by atoms with Crippen LogP contribution in [0.1, 0.15) is 32.4 Å². The lowest BCUT2D eigenvalue weighted by molar-refractivity contribution is 0.330. The van der Waals surface area contributed by atoms with E-state index in [2.05, 4.69) is 15.3 Å². The van der Waals surface area contributed by atoms with Crippen LogP contribution in [-0.2, 0) is 16.4 Å². The van der Waals surface area contributed by atoms with Crippen LogP contribution in [0.3, 0.4) is 0 Å². The van der Waals surface area contributed by atoms with Gasteiger partial charge in [0.25, 0.3) is 0 Å². The van der Waals surface area contributed by atoms with Crippen molar-refractivity contribution in [2.24, 2.45) is 0 Å². The minimum Gasteiger partial charge on any atom is -0.492 e. The Bertz CT molecular complexity index is 915. The van der Waals surface area contributed by atoms with Gasteiger partial charge in [-0.2, -0.15) is 4.31 Å². The van der Waals surface area contributed by atoms with E-state index in [9.17, 15) is 12.8 Å². The molecule has 146 valence electrons. The van der Waals surface area contributed by atoms with Crippen LogP contribution in [0.15, 0.2) is 29.4 Å². The summed E-state index contributed by atoms with van der Waals surface area (Å²) >= 11 is 0. The van der Waals surface area contributed by atoms with Gasteiger partial charge >= 0.3 is 0 Å². The Morgan fingerprint density at radius 2 is 1.96 bits per heavy atom. The largest absolute Gasteiger partial charge is 0.492 e. The highest BCUT2D eigenvalue weighted by Gasteiger charge is 2.30. The van der Waals surface area contributed by atoms with Crippen LogP contribution in [-0.4, -0.2) is 42.4 Å². The fraction of sp³-hybridized carbons (Fsp3) is 0.444. The van der Waals surface area contributed by atoms with Crippen molar-refractivity contribution in [1.29, 1.82) is 0 Å². The summed E-state index contributed by atoms with van der Waals surface area (Å²) in [5.74, 6) is -0.249. The van der Waals surface area contributed by atoms with E-state index in [4.69, 9.17) is 4.74 Å². The number of nitrogens with zero attached hydrogens (tertiary/aromatic N) is 3. The molecular weight excluding hydrogens is 371 g/mol. The summed E-state index contributed by atoms with van der Waals surface area (Å²) < 4.78 is 47.4. The standard InChI is InChI=1S/C18H23FN4O3S/c1-3-14-17(19)18(21-12-20-14)22-13-7-8-15(26-4-2)16(11-13)27(24,25)23-9-5-6-10-23/h7-8,11-12H,3-6,9-10H2,1-2H3,(H,20,21,22). The van der Waals surface area contributed by atoms with E-state index in [1.807, 2.05) is 0 Å². The summed E-state index contributed by atoms with van der Waals surface area (Å²) in [4.78, 5) is 7.89. The van der Waals surface area contributed by atoms with Crippen LogP contribution in [0, 0.1) is 5.82 Å². The predicted molar refractivity (Wildman–Crippen MR) is 100 cm³/mol. The van der Waals surface area contributed by atoms with Crippen molar-refractivity contribution in [3.63, 3.8) is 0 Å². The lowest BCUT2D eigenvalue weighted by atomic mass is 10.2. The summed E-state index contributed by atoms with van der Waals surface area (Å²) in [7, 11) is -3.69. The summed E-state index contributed by atoms with van der Waals surface area (Å²) in [5.41, 5.74) is 0.708. The Labute approximate surface area is 158 Å². The smallest absolute Gasteiger partial charge is 0.246 e. The van der Waals surface area contributed by atoms with Gasteiger partial charge in [-0.05, 0) is 44.4 Å². The summed E-state index contributed by atoms with van der Waals surface area (Å²) in [5, 5.41) is 2.85. The first-order valence-electron chi connectivity index (χ1n) is 9.00. The zero-order valence-electron chi connectivity index (χ0n) is 15.4. The number of nitrogens with one attached hydrogen (secondary N) is 1. The van der Waals surface area contributed by atoms with Crippen molar-refractivity contribution in [2.75, 3.05) is 25.0 Å². The number of halogens is 1. The first-order valence-corrected chi connectivity index (χ1v) is 10.4. The molecule has 9 heteroatoms. The highest BCUT2D eigenvalue weighted by Crippen LogP contribution is 2.32. The molecule has 7 nitrogen and oxygen atoms in total. The van der Waals surface area contributed by atoms with Gasteiger partial charge < -0.3 is 10.1 Å². The van der Waals surface area contributed by atoms with Crippen molar-refractivity contribution in [2.45, 2.75) is 38.0 Å². The molecule has 27 heavy (non-hydrogen) atoms. The third kappa shape index (κ3) is 4.03. The van der Waals surface area contributed by atoms with Crippen LogP contribution in [0.4, 0.5) is 15.9 Å². The normalized spacial score (nSPS) is 15.1. The molecule has 0 spiro atoms. The van der Waals surface area contributed by atoms with Gasteiger partial charge in [0.15, 0.2) is 11.6 Å². The fourth-order valence-corrected chi connectivity index (χ4v) is 4.68. The molecule has 1 aliphatic rings. The van der Waals surface area contributed by atoms with Gasteiger partial charge in [-0.25, -0.2) is 22.8 Å². The quantitative estimate of drug-likeness (QED) is 0.777. The van der Waals surface area contributed by atoms with Gasteiger partial charge in [-0.15, -0.1) is 0 Å². The predicted octanol–water partition coefficient (Wildman–Crippen LogP) is 3.10. The van der Waals surface area contributed by atoms with Crippen molar-refractivity contribution < 1.29 is 17.5 Å². The molecule has 0 radical (unpaired) electrons. The van der Waals surface area contributed by atoms with E-state index in [1.165, 1.54) is 16.7 Å². The lowest BCUT2D eigenvalue weighted by Gasteiger charge is -2.19. The maximum atomic E-state index is 14.4. The molecule has 0 atom stereocenters. The van der Waals surface area contributed by atoms with E-state index >= 15 is 0 Å². The molecule has 0 bridgehead atoms. The van der Waals surface area contributed by atoms with Crippen molar-refractivity contribution in [3.05, 3.63) is 36.0 Å². The minimum atomic E-state index is -3.69. The van der Waals surface area contributed by atoms with Crippen molar-refractivity contribution in [3.8, 4) is 5.75 Å². The van der Waals surface area contributed by atoms with Crippen molar-refractivity contribution in [1.82, 2.24) is 14.3 Å². The van der Waals surface area contributed by atoms with E-state index in [1.54, 1.807) is 26.0 Å². The third-order valence-electron chi connectivity index (χ3n) is 4.39. The van der Waals surface area contributed by atoms with Gasteiger partial charge in [0.2, 0.25) is 10.0 Å². The molecule has 0 saturated carbocycles. The SMILES string of the molecule is CCOc1ccc(Nc2ncnc(CC)c2F)cc1S(=O)(=O)N1CCCC1. The molecule has 2 heterocycles. The summed E-state index contributed by atoms with van der Waals surface area (Å²) in [6, 6.07) is 4.68. The van der Waals surface area contributed by atoms with Gasteiger partial charge in [0, 0.05) is 18.8 Å². The molecule has 1 aromatic heterocycles. The average Bonchev–Trinajstić information content (AvgIpc) is 3.20. The second kappa shape index (κ2) is 8.18. The van der Waals surface area contributed by atoms with Crippen LogP contribution >= 0.6 is 0 Å². The lowest BCUT2D eigenvalue weighted by Crippen LogP contribution is -2.28. The molecule has 0 unspecified atom stereocenters. The molecule has 1 aromatic carbocycles. The maximum Gasteiger partial charge on any atom is 0.246 e. The number of aromatic nitrogens is 2. The van der Waals surface area contributed by atoms with E-state index in [0.717, 1.165) is 12.8 Å². The Balaban J connectivity index is 1.99. The second-order valence-electron chi connectivity index (χ2n) is 6.17. The fourth-order valence-electron chi connectivity index (χ4n) is 3.01. The second-order valence-corrected chi connectivity index (χ2v) is 8.07. The Kier molecular flexibility index (Phi) is 5.91. The number of ether oxygens (including phenoxy) is 1. The van der Waals surface area contributed by atoms with Crippen LogP contribution in [0.5, 0.6) is 5.75 Å². The molecule has 0 amide bonds. The first-order chi connectivity index (χ1) is 13.0. The molecule has 1 fully saturated rings. The number of benzene rings is 1. The van der Waals surface area contributed by atoms with Crippen LogP contribution < -0.4 is 10.1 Å². The number of aryl methyl sites for hydroxylation is 1. The topological polar surface area (TPSA) is 84.4 Å². The highest BCUT2D eigenvalue weighted by atomic mass is 32.2. The molecule has 3 rings (SSSR count). The number of anilines is 2. The molecular formula is C18H23FN4O3S. The zero-order valence-corrected chi connectivity index (χ0v) is 16.2. The number of hydrogen-bond acceptors (Lipinski definition) is 6. The average molecular weight is 394 g/mol. The summed E-state index contributed by atoms with van der Waals surface area (Å²) in [6.45, 7) is 4.92. The Morgan fingerprint density at radius 3 is 2.63 bits per heavy atom. The van der Waals surface area contributed by atoms with Gasteiger partial charge in [0.1, 0.15) is 17.0 Å². The Morgan fingerprint density at radius 1 is 1.22 bits per heavy atom. The first kappa shape index (κ1) is 19.5.